The Labute approximate surface area is 243 Å². The molecule has 0 fully saturated rings. The molecule has 1 nitrogen and oxygen atoms in total. The molecule has 0 atom stereocenters. The molecule has 0 aromatic heterocycles. The quantitative estimate of drug-likeness (QED) is 0.127. The van der Waals surface area contributed by atoms with Crippen molar-refractivity contribution in [3.05, 3.63) is 91.9 Å². The molecule has 0 heterocycles. The molecule has 0 amide bonds. The number of hydrogen-bond acceptors (Lipinski definition) is 1. The van der Waals surface area contributed by atoms with Crippen molar-refractivity contribution in [2.75, 3.05) is 6.61 Å². The van der Waals surface area contributed by atoms with Gasteiger partial charge in [0.25, 0.3) is 0 Å². The van der Waals surface area contributed by atoms with Gasteiger partial charge in [-0.3, -0.25) is 0 Å². The normalized spacial score (nSPS) is 9.47. The van der Waals surface area contributed by atoms with Gasteiger partial charge in [0.1, 0.15) is 0 Å². The molecular formula is C29H40Cl2OSiZr. The summed E-state index contributed by atoms with van der Waals surface area (Å²) in [5.74, 6) is 0. The van der Waals surface area contributed by atoms with Crippen LogP contribution in [0.3, 0.4) is 0 Å². The summed E-state index contributed by atoms with van der Waals surface area (Å²) in [4.78, 5) is 0. The van der Waals surface area contributed by atoms with Crippen LogP contribution in [0.2, 0.25) is 6.55 Å². The Morgan fingerprint density at radius 1 is 0.735 bits per heavy atom. The number of ether oxygens (including phenoxy) is 1. The van der Waals surface area contributed by atoms with Gasteiger partial charge < -0.3 is 11.7 Å². The van der Waals surface area contributed by atoms with Crippen LogP contribution in [-0.2, 0) is 30.9 Å². The first-order valence-corrected chi connectivity index (χ1v) is 12.1. The molecule has 0 aliphatic carbocycles. The maximum atomic E-state index is 5.56. The number of hydrogen-bond donors (Lipinski definition) is 0. The Morgan fingerprint density at radius 3 is 1.56 bits per heavy atom. The second-order valence-electron chi connectivity index (χ2n) is 8.18. The molecule has 0 N–H and O–H groups in total. The van der Waals surface area contributed by atoms with E-state index < -0.39 is 0 Å². The van der Waals surface area contributed by atoms with E-state index in [0.717, 1.165) is 13.0 Å². The van der Waals surface area contributed by atoms with Gasteiger partial charge in [-0.2, -0.15) is 41.5 Å². The van der Waals surface area contributed by atoms with Crippen LogP contribution in [0.5, 0.6) is 0 Å². The topological polar surface area (TPSA) is 9.23 Å². The van der Waals surface area contributed by atoms with E-state index >= 15 is 0 Å². The van der Waals surface area contributed by atoms with E-state index in [9.17, 15) is 0 Å². The van der Waals surface area contributed by atoms with Crippen molar-refractivity contribution in [2.24, 2.45) is 0 Å². The van der Waals surface area contributed by atoms with Gasteiger partial charge in [-0.15, -0.1) is 84.1 Å². The summed E-state index contributed by atoms with van der Waals surface area (Å²) in [6, 6.07) is 29.3. The molecule has 34 heavy (non-hydrogen) atoms. The molecule has 4 aromatic carbocycles. The fourth-order valence-corrected chi connectivity index (χ4v) is 2.97. The second kappa shape index (κ2) is 22.7. The molecular weight excluding hydrogens is 555 g/mol. The third-order valence-electron chi connectivity index (χ3n) is 4.52. The summed E-state index contributed by atoms with van der Waals surface area (Å²) in [7, 11) is 2.97. The summed E-state index contributed by atoms with van der Waals surface area (Å²) in [5, 5.41) is 5.32. The molecule has 0 aliphatic rings. The van der Waals surface area contributed by atoms with Crippen LogP contribution < -0.4 is 0 Å². The molecule has 4 radical (unpaired) electrons. The number of unbranched alkanes of at least 4 members (excludes halogenated alkanes) is 3. The van der Waals surface area contributed by atoms with Crippen molar-refractivity contribution in [1.82, 2.24) is 0 Å². The minimum atomic E-state index is 0. The average molecular weight is 595 g/mol. The monoisotopic (exact) mass is 592 g/mol. The van der Waals surface area contributed by atoms with Crippen molar-refractivity contribution in [2.45, 2.75) is 58.6 Å². The van der Waals surface area contributed by atoms with E-state index in [0.29, 0.717) is 0 Å². The van der Waals surface area contributed by atoms with Crippen LogP contribution in [-0.4, -0.2) is 22.5 Å². The van der Waals surface area contributed by atoms with Gasteiger partial charge in [0.05, 0.1) is 5.60 Å². The molecule has 0 aliphatic heterocycles. The van der Waals surface area contributed by atoms with Gasteiger partial charge in [0.2, 0.25) is 0 Å². The van der Waals surface area contributed by atoms with E-state index in [4.69, 9.17) is 4.74 Å². The zero-order valence-corrected chi connectivity index (χ0v) is 26.1. The Hall–Kier alpha value is -0.700. The van der Waals surface area contributed by atoms with Crippen molar-refractivity contribution in [1.29, 1.82) is 0 Å². The Bertz CT molecular complexity index is 817. The predicted molar refractivity (Wildman–Crippen MR) is 155 cm³/mol. The molecule has 0 spiro atoms. The summed E-state index contributed by atoms with van der Waals surface area (Å²) in [6.45, 7) is 12.8. The van der Waals surface area contributed by atoms with E-state index in [1.807, 2.05) is 0 Å². The van der Waals surface area contributed by atoms with E-state index in [-0.39, 0.29) is 56.6 Å². The molecule has 0 unspecified atom stereocenters. The summed E-state index contributed by atoms with van der Waals surface area (Å²) in [5.41, 5.74) is 0.0322. The molecule has 0 bridgehead atoms. The van der Waals surface area contributed by atoms with Gasteiger partial charge in [0, 0.05) is 16.8 Å². The maximum absolute atomic E-state index is 5.56. The number of rotatable bonds is 5. The fraction of sp³-hybridized carbons (Fsp3) is 0.345. The van der Waals surface area contributed by atoms with E-state index in [1.54, 1.807) is 6.55 Å². The minimum absolute atomic E-state index is 0. The van der Waals surface area contributed by atoms with Gasteiger partial charge in [0.15, 0.2) is 0 Å². The van der Waals surface area contributed by atoms with E-state index in [2.05, 4.69) is 123 Å². The Kier molecular flexibility index (Phi) is 25.3. The third kappa shape index (κ3) is 16.8. The van der Waals surface area contributed by atoms with Crippen LogP contribution in [0.25, 0.3) is 21.5 Å². The van der Waals surface area contributed by atoms with Crippen LogP contribution in [0.15, 0.2) is 84.9 Å². The smallest absolute Gasteiger partial charge is 0.376 e. The van der Waals surface area contributed by atoms with Crippen molar-refractivity contribution < 1.29 is 30.9 Å². The zero-order chi connectivity index (χ0) is 23.0. The summed E-state index contributed by atoms with van der Waals surface area (Å²) >= 11 is 0. The molecule has 0 saturated carbocycles. The first kappa shape index (κ1) is 37.8. The van der Waals surface area contributed by atoms with Gasteiger partial charge in [-0.05, 0) is 27.2 Å². The summed E-state index contributed by atoms with van der Waals surface area (Å²) < 4.78 is 5.56. The third-order valence-corrected chi connectivity index (χ3v) is 4.52. The zero-order valence-electron chi connectivity index (χ0n) is 21.1. The molecule has 4 aromatic rings. The number of benzene rings is 2. The van der Waals surface area contributed by atoms with Crippen LogP contribution >= 0.6 is 24.8 Å². The first-order valence-electron chi connectivity index (χ1n) is 11.1. The van der Waals surface area contributed by atoms with Crippen LogP contribution in [0.4, 0.5) is 0 Å². The molecule has 5 heteroatoms. The minimum Gasteiger partial charge on any atom is -0.376 e. The van der Waals surface area contributed by atoms with E-state index in [1.165, 1.54) is 40.8 Å². The van der Waals surface area contributed by atoms with Gasteiger partial charge >= 0.3 is 26.2 Å². The van der Waals surface area contributed by atoms with Crippen LogP contribution in [0, 0.1) is 6.92 Å². The van der Waals surface area contributed by atoms with Crippen molar-refractivity contribution in [3.63, 3.8) is 0 Å². The Morgan fingerprint density at radius 2 is 1.18 bits per heavy atom. The predicted octanol–water partition coefficient (Wildman–Crippen LogP) is 9.36. The first-order chi connectivity index (χ1) is 15.0. The standard InChI is InChI=1S/C10H21O.2C9H7.CH3Si.2ClH.Zr/c1-5-6-7-8-9-11-10(2,3)4;2*1-2-5-9-7-3-6-8(9)4-1;1-2;;;/h1,5-9H2,2-4H3;2*1-7H;1H3;2*1H;/q3*-1;;;;+3. The van der Waals surface area contributed by atoms with Crippen molar-refractivity contribution >= 4 is 56.6 Å². The van der Waals surface area contributed by atoms with Crippen LogP contribution in [0.1, 0.15) is 46.5 Å². The number of halogens is 2. The van der Waals surface area contributed by atoms with Gasteiger partial charge in [-0.1, -0.05) is 31.5 Å². The molecule has 4 rings (SSSR count). The maximum Gasteiger partial charge on any atom is 3.00 e. The van der Waals surface area contributed by atoms with Crippen molar-refractivity contribution in [3.8, 4) is 0 Å². The second-order valence-corrected chi connectivity index (χ2v) is 8.18. The molecule has 184 valence electrons. The number of fused-ring (bicyclic) bond motifs is 2. The summed E-state index contributed by atoms with van der Waals surface area (Å²) in [6.07, 6.45) is 4.70. The van der Waals surface area contributed by atoms with Gasteiger partial charge in [-0.25, -0.2) is 0 Å². The fourth-order valence-electron chi connectivity index (χ4n) is 2.97. The molecule has 0 saturated heterocycles. The Balaban J connectivity index is -0.000000392. The average Bonchev–Trinajstić information content (AvgIpc) is 3.44. The largest absolute Gasteiger partial charge is 3.00 e. The SMILES string of the molecule is C[Si].Cl.Cl.[CH2-]CCCCCOC(C)(C)C.[Zr+3].c1ccc2[cH-]ccc2c1.c1ccc2[cH-]ccc2c1.